The normalized spacial score (nSPS) is 21.6. The first-order valence-electron chi connectivity index (χ1n) is 7.64. The van der Waals surface area contributed by atoms with Gasteiger partial charge in [-0.2, -0.15) is 0 Å². The third kappa shape index (κ3) is 2.37. The van der Waals surface area contributed by atoms with Crippen molar-refractivity contribution in [3.63, 3.8) is 0 Å². The lowest BCUT2D eigenvalue weighted by Crippen LogP contribution is -2.52. The maximum atomic E-state index is 6.45. The summed E-state index contributed by atoms with van der Waals surface area (Å²) in [5.74, 6) is 0.879. The first-order valence-corrected chi connectivity index (χ1v) is 8.42. The van der Waals surface area contributed by atoms with Crippen molar-refractivity contribution in [1.82, 2.24) is 10.2 Å². The van der Waals surface area contributed by atoms with Crippen LogP contribution >= 0.6 is 23.8 Å². The molecule has 2 aromatic carbocycles. The van der Waals surface area contributed by atoms with E-state index in [1.54, 1.807) is 0 Å². The number of halogens is 1. The average molecular weight is 345 g/mol. The molecule has 0 amide bonds. The summed E-state index contributed by atoms with van der Waals surface area (Å²) in [6, 6.07) is 14.4. The number of nitrogens with one attached hydrogen (secondary N) is 1. The fourth-order valence-electron chi connectivity index (χ4n) is 3.62. The standard InChI is InChI=1S/C18H17ClN2OS/c1-20-17(23)21-10-13-4-2-3-5-15(13)18(11-21)9-12-6-7-14(19)8-16(12)22-18/h2-8H,9-11H2,1H3,(H,20,23). The van der Waals surface area contributed by atoms with E-state index in [1.165, 1.54) is 16.7 Å². The molecule has 2 heterocycles. The van der Waals surface area contributed by atoms with Crippen LogP contribution in [0.2, 0.25) is 5.02 Å². The smallest absolute Gasteiger partial charge is 0.169 e. The zero-order valence-electron chi connectivity index (χ0n) is 12.8. The molecule has 1 atom stereocenters. The van der Waals surface area contributed by atoms with Crippen LogP contribution in [-0.4, -0.2) is 23.6 Å². The highest BCUT2D eigenvalue weighted by atomic mass is 35.5. The molecule has 0 fully saturated rings. The van der Waals surface area contributed by atoms with Gasteiger partial charge in [0.2, 0.25) is 0 Å². The molecule has 1 spiro atoms. The van der Waals surface area contributed by atoms with E-state index in [0.717, 1.165) is 30.4 Å². The van der Waals surface area contributed by atoms with Gasteiger partial charge in [-0.3, -0.25) is 0 Å². The van der Waals surface area contributed by atoms with Crippen molar-refractivity contribution in [2.45, 2.75) is 18.6 Å². The highest BCUT2D eigenvalue weighted by Crippen LogP contribution is 2.46. The molecule has 0 radical (unpaired) electrons. The summed E-state index contributed by atoms with van der Waals surface area (Å²) in [4.78, 5) is 2.17. The molecule has 118 valence electrons. The third-order valence-electron chi connectivity index (χ3n) is 4.63. The predicted octanol–water partition coefficient (Wildman–Crippen LogP) is 3.49. The number of benzene rings is 2. The number of fused-ring (bicyclic) bond motifs is 3. The van der Waals surface area contributed by atoms with E-state index < -0.39 is 5.60 Å². The van der Waals surface area contributed by atoms with Gasteiger partial charge in [0, 0.05) is 30.6 Å². The molecule has 23 heavy (non-hydrogen) atoms. The number of ether oxygens (including phenoxy) is 1. The topological polar surface area (TPSA) is 24.5 Å². The molecule has 2 aliphatic rings. The van der Waals surface area contributed by atoms with Gasteiger partial charge < -0.3 is 15.0 Å². The Labute approximate surface area is 146 Å². The van der Waals surface area contributed by atoms with E-state index in [-0.39, 0.29) is 0 Å². The molecule has 2 aromatic rings. The number of hydrogen-bond donors (Lipinski definition) is 1. The fraction of sp³-hybridized carbons (Fsp3) is 0.278. The van der Waals surface area contributed by atoms with Gasteiger partial charge in [-0.1, -0.05) is 41.9 Å². The lowest BCUT2D eigenvalue weighted by molar-refractivity contribution is 0.0507. The van der Waals surface area contributed by atoms with Gasteiger partial charge in [-0.15, -0.1) is 0 Å². The number of thiocarbonyl (C=S) groups is 1. The van der Waals surface area contributed by atoms with Crippen LogP contribution < -0.4 is 10.1 Å². The zero-order valence-corrected chi connectivity index (χ0v) is 14.4. The van der Waals surface area contributed by atoms with Crippen LogP contribution in [0.15, 0.2) is 42.5 Å². The maximum absolute atomic E-state index is 6.45. The minimum absolute atomic E-state index is 0.400. The van der Waals surface area contributed by atoms with Crippen LogP contribution in [0.1, 0.15) is 16.7 Å². The molecule has 0 saturated heterocycles. The van der Waals surface area contributed by atoms with Gasteiger partial charge in [0.1, 0.15) is 5.75 Å². The molecule has 0 bridgehead atoms. The van der Waals surface area contributed by atoms with Gasteiger partial charge in [0.05, 0.1) is 6.54 Å². The Balaban J connectivity index is 1.80. The van der Waals surface area contributed by atoms with E-state index in [1.807, 2.05) is 19.2 Å². The molecule has 1 N–H and O–H groups in total. The molecule has 0 aromatic heterocycles. The maximum Gasteiger partial charge on any atom is 0.169 e. The van der Waals surface area contributed by atoms with E-state index >= 15 is 0 Å². The van der Waals surface area contributed by atoms with Crippen LogP contribution in [0.3, 0.4) is 0 Å². The Kier molecular flexibility index (Phi) is 3.47. The minimum Gasteiger partial charge on any atom is -0.480 e. The number of hydrogen-bond acceptors (Lipinski definition) is 2. The van der Waals surface area contributed by atoms with Crippen LogP contribution in [0.25, 0.3) is 0 Å². The lowest BCUT2D eigenvalue weighted by atomic mass is 9.82. The molecule has 2 aliphatic heterocycles. The summed E-state index contributed by atoms with van der Waals surface area (Å²) in [6.45, 7) is 1.54. The van der Waals surface area contributed by atoms with Crippen LogP contribution in [0, 0.1) is 0 Å². The van der Waals surface area contributed by atoms with Gasteiger partial charge in [0.15, 0.2) is 10.7 Å². The van der Waals surface area contributed by atoms with Gasteiger partial charge in [0.25, 0.3) is 0 Å². The Morgan fingerprint density at radius 1 is 1.26 bits per heavy atom. The molecule has 3 nitrogen and oxygen atoms in total. The quantitative estimate of drug-likeness (QED) is 0.739. The van der Waals surface area contributed by atoms with Crippen molar-refractivity contribution in [2.75, 3.05) is 13.6 Å². The van der Waals surface area contributed by atoms with Crippen molar-refractivity contribution >= 4 is 28.9 Å². The van der Waals surface area contributed by atoms with Crippen LogP contribution in [0.4, 0.5) is 0 Å². The largest absolute Gasteiger partial charge is 0.480 e. The highest BCUT2D eigenvalue weighted by molar-refractivity contribution is 7.80. The van der Waals surface area contributed by atoms with E-state index in [4.69, 9.17) is 28.6 Å². The van der Waals surface area contributed by atoms with Crippen molar-refractivity contribution in [3.05, 3.63) is 64.2 Å². The SMILES string of the molecule is CNC(=S)N1Cc2ccccc2C2(Cc3ccc(Cl)cc3O2)C1. The van der Waals surface area contributed by atoms with Crippen molar-refractivity contribution < 1.29 is 4.74 Å². The van der Waals surface area contributed by atoms with Gasteiger partial charge in [-0.25, -0.2) is 0 Å². The monoisotopic (exact) mass is 344 g/mol. The first kappa shape index (κ1) is 14.8. The molecular weight excluding hydrogens is 328 g/mol. The Hall–Kier alpha value is -1.78. The molecule has 0 saturated carbocycles. The Morgan fingerprint density at radius 3 is 2.91 bits per heavy atom. The summed E-state index contributed by atoms with van der Waals surface area (Å²) in [6.07, 6.45) is 0.833. The highest BCUT2D eigenvalue weighted by Gasteiger charge is 2.46. The van der Waals surface area contributed by atoms with E-state index in [2.05, 4.69) is 40.5 Å². The van der Waals surface area contributed by atoms with E-state index in [0.29, 0.717) is 5.02 Å². The summed E-state index contributed by atoms with van der Waals surface area (Å²) in [5.41, 5.74) is 3.31. The summed E-state index contributed by atoms with van der Waals surface area (Å²) >= 11 is 11.6. The third-order valence-corrected chi connectivity index (χ3v) is 5.32. The molecule has 5 heteroatoms. The summed E-state index contributed by atoms with van der Waals surface area (Å²) in [7, 11) is 1.86. The Morgan fingerprint density at radius 2 is 2.09 bits per heavy atom. The second kappa shape index (κ2) is 5.39. The second-order valence-corrected chi connectivity index (χ2v) is 6.92. The predicted molar refractivity (Wildman–Crippen MR) is 96.0 cm³/mol. The van der Waals surface area contributed by atoms with Crippen molar-refractivity contribution in [2.24, 2.45) is 0 Å². The second-order valence-electron chi connectivity index (χ2n) is 6.09. The number of rotatable bonds is 0. The van der Waals surface area contributed by atoms with Gasteiger partial charge in [-0.05, 0) is 35.5 Å². The zero-order chi connectivity index (χ0) is 16.0. The molecule has 0 aliphatic carbocycles. The Bertz CT molecular complexity index is 794. The minimum atomic E-state index is -0.400. The van der Waals surface area contributed by atoms with Crippen LogP contribution in [0.5, 0.6) is 5.75 Å². The van der Waals surface area contributed by atoms with Crippen molar-refractivity contribution in [1.29, 1.82) is 0 Å². The summed E-state index contributed by atoms with van der Waals surface area (Å²) in [5, 5.41) is 4.53. The van der Waals surface area contributed by atoms with E-state index in [9.17, 15) is 0 Å². The molecule has 1 unspecified atom stereocenters. The first-order chi connectivity index (χ1) is 11.1. The lowest BCUT2D eigenvalue weighted by Gasteiger charge is -2.42. The molecule has 4 rings (SSSR count). The average Bonchev–Trinajstić information content (AvgIpc) is 2.91. The summed E-state index contributed by atoms with van der Waals surface area (Å²) < 4.78 is 6.45. The molecular formula is C18H17ClN2OS. The fourth-order valence-corrected chi connectivity index (χ4v) is 3.91. The number of nitrogens with zero attached hydrogens (tertiary/aromatic N) is 1. The van der Waals surface area contributed by atoms with Crippen molar-refractivity contribution in [3.8, 4) is 5.75 Å². The van der Waals surface area contributed by atoms with Crippen LogP contribution in [-0.2, 0) is 18.6 Å². The van der Waals surface area contributed by atoms with Gasteiger partial charge >= 0.3 is 0 Å².